The summed E-state index contributed by atoms with van der Waals surface area (Å²) in [6.07, 6.45) is 4.63. The van der Waals surface area contributed by atoms with E-state index in [0.717, 1.165) is 25.7 Å². The van der Waals surface area contributed by atoms with Gasteiger partial charge in [0.15, 0.2) is 0 Å². The molecule has 0 radical (unpaired) electrons. The molecule has 108 valence electrons. The summed E-state index contributed by atoms with van der Waals surface area (Å²) in [5.74, 6) is -0.946. The summed E-state index contributed by atoms with van der Waals surface area (Å²) in [4.78, 5) is 25.2. The molecule has 0 aromatic heterocycles. The number of piperidine rings is 1. The molecule has 1 aliphatic carbocycles. The Morgan fingerprint density at radius 2 is 1.84 bits per heavy atom. The minimum Gasteiger partial charge on any atom is -0.480 e. The number of hydrogen-bond acceptors (Lipinski definition) is 3. The van der Waals surface area contributed by atoms with E-state index in [1.807, 2.05) is 0 Å². The number of aliphatic hydroxyl groups is 1. The Labute approximate surface area is 112 Å². The van der Waals surface area contributed by atoms with E-state index in [1.165, 1.54) is 4.90 Å². The molecule has 0 aromatic carbocycles. The van der Waals surface area contributed by atoms with Gasteiger partial charge in [-0.3, -0.25) is 0 Å². The van der Waals surface area contributed by atoms with Gasteiger partial charge in [0.1, 0.15) is 5.54 Å². The Morgan fingerprint density at radius 1 is 1.16 bits per heavy atom. The number of carbonyl (C=O) groups excluding carboxylic acids is 1. The van der Waals surface area contributed by atoms with E-state index >= 15 is 0 Å². The molecule has 3 N–H and O–H groups in total. The van der Waals surface area contributed by atoms with Crippen molar-refractivity contribution in [3.8, 4) is 0 Å². The second-order valence-electron chi connectivity index (χ2n) is 5.62. The molecule has 6 heteroatoms. The maximum atomic E-state index is 12.2. The summed E-state index contributed by atoms with van der Waals surface area (Å²) < 4.78 is 0. The Hall–Kier alpha value is -1.30. The zero-order valence-corrected chi connectivity index (χ0v) is 11.1. The van der Waals surface area contributed by atoms with Gasteiger partial charge in [0.2, 0.25) is 0 Å². The molecule has 2 amide bonds. The minimum absolute atomic E-state index is 0.293. The third kappa shape index (κ3) is 3.18. The predicted octanol–water partition coefficient (Wildman–Crippen LogP) is 0.940. The molecule has 1 atom stereocenters. The van der Waals surface area contributed by atoms with E-state index in [2.05, 4.69) is 5.32 Å². The fourth-order valence-electron chi connectivity index (χ4n) is 2.97. The van der Waals surface area contributed by atoms with Gasteiger partial charge in [0, 0.05) is 13.1 Å². The van der Waals surface area contributed by atoms with Crippen molar-refractivity contribution in [1.82, 2.24) is 10.2 Å². The third-order valence-electron chi connectivity index (χ3n) is 4.15. The van der Waals surface area contributed by atoms with Crippen LogP contribution in [0.2, 0.25) is 0 Å². The Kier molecular flexibility index (Phi) is 4.29. The molecule has 19 heavy (non-hydrogen) atoms. The van der Waals surface area contributed by atoms with Crippen molar-refractivity contribution < 1.29 is 19.8 Å². The fraction of sp³-hybridized carbons (Fsp3) is 0.846. The molecule has 6 nitrogen and oxygen atoms in total. The number of carboxylic acids is 1. The average Bonchev–Trinajstić information content (AvgIpc) is 2.39. The smallest absolute Gasteiger partial charge is 0.329 e. The number of urea groups is 1. The molecule has 1 saturated heterocycles. The number of nitrogens with one attached hydrogen (secondary N) is 1. The highest BCUT2D eigenvalue weighted by atomic mass is 16.4. The van der Waals surface area contributed by atoms with E-state index < -0.39 is 17.6 Å². The Bertz CT molecular complexity index is 353. The summed E-state index contributed by atoms with van der Waals surface area (Å²) in [7, 11) is 0. The lowest BCUT2D eigenvalue weighted by Crippen LogP contribution is -2.60. The van der Waals surface area contributed by atoms with Crippen LogP contribution in [0.1, 0.15) is 44.9 Å². The van der Waals surface area contributed by atoms with Crippen molar-refractivity contribution in [3.63, 3.8) is 0 Å². The predicted molar refractivity (Wildman–Crippen MR) is 68.8 cm³/mol. The first-order valence-electron chi connectivity index (χ1n) is 7.02. The number of likely N-dealkylation sites (tertiary alicyclic amines) is 1. The number of aliphatic carboxylic acids is 1. The maximum absolute atomic E-state index is 12.2. The second kappa shape index (κ2) is 5.77. The van der Waals surface area contributed by atoms with Crippen LogP contribution < -0.4 is 5.32 Å². The van der Waals surface area contributed by atoms with Gasteiger partial charge < -0.3 is 20.4 Å². The van der Waals surface area contributed by atoms with Crippen LogP contribution in [0, 0.1) is 0 Å². The van der Waals surface area contributed by atoms with Crippen LogP contribution in [-0.4, -0.2) is 51.8 Å². The van der Waals surface area contributed by atoms with Crippen LogP contribution >= 0.6 is 0 Å². The highest BCUT2D eigenvalue weighted by molar-refractivity contribution is 5.86. The summed E-state index contributed by atoms with van der Waals surface area (Å²) >= 11 is 0. The quantitative estimate of drug-likeness (QED) is 0.696. The standard InChI is InChI=1S/C13H22N2O4/c16-10-5-4-8-15(9-10)12(19)14-13(11(17)18)6-2-1-3-7-13/h10,16H,1-9H2,(H,14,19)(H,17,18). The van der Waals surface area contributed by atoms with Crippen molar-refractivity contribution in [2.24, 2.45) is 0 Å². The first-order valence-corrected chi connectivity index (χ1v) is 7.02. The highest BCUT2D eigenvalue weighted by Gasteiger charge is 2.42. The van der Waals surface area contributed by atoms with Crippen molar-refractivity contribution in [1.29, 1.82) is 0 Å². The van der Waals surface area contributed by atoms with E-state index in [9.17, 15) is 19.8 Å². The summed E-state index contributed by atoms with van der Waals surface area (Å²) in [6, 6.07) is -0.358. The van der Waals surface area contributed by atoms with E-state index in [-0.39, 0.29) is 6.03 Å². The number of carbonyl (C=O) groups is 2. The van der Waals surface area contributed by atoms with Gasteiger partial charge in [-0.05, 0) is 25.7 Å². The van der Waals surface area contributed by atoms with Crippen LogP contribution in [0.4, 0.5) is 4.79 Å². The molecule has 1 saturated carbocycles. The molecule has 1 unspecified atom stereocenters. The molecule has 2 fully saturated rings. The second-order valence-corrected chi connectivity index (χ2v) is 5.62. The molecular weight excluding hydrogens is 248 g/mol. The zero-order chi connectivity index (χ0) is 13.9. The number of rotatable bonds is 2. The van der Waals surface area contributed by atoms with Gasteiger partial charge >= 0.3 is 12.0 Å². The number of nitrogens with zero attached hydrogens (tertiary/aromatic N) is 1. The molecule has 1 aliphatic heterocycles. The molecule has 0 aromatic rings. The Morgan fingerprint density at radius 3 is 2.42 bits per heavy atom. The van der Waals surface area contributed by atoms with E-state index in [1.54, 1.807) is 0 Å². The van der Waals surface area contributed by atoms with Crippen LogP contribution in [0.15, 0.2) is 0 Å². The van der Waals surface area contributed by atoms with Gasteiger partial charge in [-0.25, -0.2) is 9.59 Å². The van der Waals surface area contributed by atoms with Crippen LogP contribution in [-0.2, 0) is 4.79 Å². The lowest BCUT2D eigenvalue weighted by Gasteiger charge is -2.37. The van der Waals surface area contributed by atoms with Crippen LogP contribution in [0.25, 0.3) is 0 Å². The lowest BCUT2D eigenvalue weighted by atomic mass is 9.82. The van der Waals surface area contributed by atoms with Crippen molar-refractivity contribution in [2.45, 2.75) is 56.6 Å². The van der Waals surface area contributed by atoms with Gasteiger partial charge in [-0.1, -0.05) is 19.3 Å². The number of aliphatic hydroxyl groups excluding tert-OH is 1. The monoisotopic (exact) mass is 270 g/mol. The zero-order valence-electron chi connectivity index (χ0n) is 11.1. The van der Waals surface area contributed by atoms with Gasteiger partial charge in [0.05, 0.1) is 6.10 Å². The lowest BCUT2D eigenvalue weighted by molar-refractivity contribution is -0.146. The number of amides is 2. The summed E-state index contributed by atoms with van der Waals surface area (Å²) in [6.45, 7) is 0.875. The van der Waals surface area contributed by atoms with E-state index in [0.29, 0.717) is 32.4 Å². The van der Waals surface area contributed by atoms with Gasteiger partial charge in [0.25, 0.3) is 0 Å². The Balaban J connectivity index is 2.00. The maximum Gasteiger partial charge on any atom is 0.329 e. The molecule has 0 spiro atoms. The molecule has 2 rings (SSSR count). The number of β-amino-alcohol motifs (C(OH)–C–C–N with tert-alkyl or cyclic N) is 1. The highest BCUT2D eigenvalue weighted by Crippen LogP contribution is 2.29. The average molecular weight is 270 g/mol. The molecule has 0 bridgehead atoms. The van der Waals surface area contributed by atoms with Crippen LogP contribution in [0.3, 0.4) is 0 Å². The summed E-state index contributed by atoms with van der Waals surface area (Å²) in [5, 5.41) is 21.7. The normalized spacial score (nSPS) is 26.8. The summed E-state index contributed by atoms with van der Waals surface area (Å²) in [5.41, 5.74) is -1.11. The first-order chi connectivity index (χ1) is 9.03. The minimum atomic E-state index is -1.11. The molecule has 2 aliphatic rings. The van der Waals surface area contributed by atoms with Gasteiger partial charge in [-0.15, -0.1) is 0 Å². The largest absolute Gasteiger partial charge is 0.480 e. The van der Waals surface area contributed by atoms with Gasteiger partial charge in [-0.2, -0.15) is 0 Å². The topological polar surface area (TPSA) is 89.9 Å². The van der Waals surface area contributed by atoms with Crippen molar-refractivity contribution >= 4 is 12.0 Å². The van der Waals surface area contributed by atoms with Crippen molar-refractivity contribution in [3.05, 3.63) is 0 Å². The first kappa shape index (κ1) is 14.1. The molecule has 1 heterocycles. The number of carboxylic acid groups (broad SMARTS) is 1. The van der Waals surface area contributed by atoms with Crippen molar-refractivity contribution in [2.75, 3.05) is 13.1 Å². The molecular formula is C13H22N2O4. The SMILES string of the molecule is O=C(NC1(C(=O)O)CCCCC1)N1CCCC(O)C1. The van der Waals surface area contributed by atoms with Crippen LogP contribution in [0.5, 0.6) is 0 Å². The fourth-order valence-corrected chi connectivity index (χ4v) is 2.97. The third-order valence-corrected chi connectivity index (χ3v) is 4.15. The number of hydrogen-bond donors (Lipinski definition) is 3. The van der Waals surface area contributed by atoms with E-state index in [4.69, 9.17) is 0 Å².